The molecule has 17 heavy (non-hydrogen) atoms. The molecule has 0 aliphatic heterocycles. The average molecular weight is 260 g/mol. The lowest BCUT2D eigenvalue weighted by atomic mass is 10.2. The summed E-state index contributed by atoms with van der Waals surface area (Å²) in [5.41, 5.74) is 5.21. The van der Waals surface area contributed by atoms with Crippen LogP contribution in [0.2, 0.25) is 0 Å². The van der Waals surface area contributed by atoms with E-state index in [1.807, 2.05) is 0 Å². The van der Waals surface area contributed by atoms with E-state index in [2.05, 4.69) is 9.71 Å². The van der Waals surface area contributed by atoms with Crippen LogP contribution in [0.1, 0.15) is 13.3 Å². The first-order chi connectivity index (χ1) is 7.88. The third kappa shape index (κ3) is 3.21. The van der Waals surface area contributed by atoms with E-state index in [9.17, 15) is 12.8 Å². The van der Waals surface area contributed by atoms with E-state index in [1.165, 1.54) is 12.3 Å². The van der Waals surface area contributed by atoms with Gasteiger partial charge in [0.05, 0.1) is 6.04 Å². The van der Waals surface area contributed by atoms with Crippen LogP contribution in [0.5, 0.6) is 0 Å². The van der Waals surface area contributed by atoms with E-state index < -0.39 is 26.9 Å². The second kappa shape index (κ2) is 5.19. The van der Waals surface area contributed by atoms with E-state index >= 15 is 0 Å². The van der Waals surface area contributed by atoms with Gasteiger partial charge in [0, 0.05) is 6.20 Å². The van der Waals surface area contributed by atoms with E-state index in [0.29, 0.717) is 6.42 Å². The van der Waals surface area contributed by atoms with Crippen LogP contribution in [0.15, 0.2) is 23.4 Å². The minimum absolute atomic E-state index is 0.295. The summed E-state index contributed by atoms with van der Waals surface area (Å²) in [4.78, 5) is 3.46. The minimum atomic E-state index is -4.10. The molecule has 0 amide bonds. The highest BCUT2D eigenvalue weighted by molar-refractivity contribution is 7.89. The van der Waals surface area contributed by atoms with Crippen molar-refractivity contribution in [3.63, 3.8) is 0 Å². The zero-order valence-electron chi connectivity index (χ0n) is 9.14. The summed E-state index contributed by atoms with van der Waals surface area (Å²) in [6, 6.07) is 1.42. The third-order valence-corrected chi connectivity index (χ3v) is 3.46. The van der Waals surface area contributed by atoms with Crippen LogP contribution in [0, 0.1) is 11.2 Å². The predicted octanol–water partition coefficient (Wildman–Crippen LogP) is 0.214. The Hall–Kier alpha value is -1.54. The molecule has 1 aromatic heterocycles. The molecular weight excluding hydrogens is 247 g/mol. The Morgan fingerprint density at radius 3 is 2.82 bits per heavy atom. The maximum Gasteiger partial charge on any atom is 0.261 e. The molecule has 6 nitrogen and oxygen atoms in total. The van der Waals surface area contributed by atoms with Gasteiger partial charge in [-0.1, -0.05) is 6.92 Å². The molecule has 0 radical (unpaired) electrons. The first kappa shape index (κ1) is 13.5. The van der Waals surface area contributed by atoms with Crippen LogP contribution in [-0.4, -0.2) is 25.3 Å². The van der Waals surface area contributed by atoms with Gasteiger partial charge in [0.2, 0.25) is 5.03 Å². The predicted molar refractivity (Wildman–Crippen MR) is 60.5 cm³/mol. The van der Waals surface area contributed by atoms with Gasteiger partial charge >= 0.3 is 0 Å². The second-order valence-corrected chi connectivity index (χ2v) is 4.96. The first-order valence-corrected chi connectivity index (χ1v) is 6.33. The molecule has 0 saturated heterocycles. The average Bonchev–Trinajstić information content (AvgIpc) is 2.26. The number of aromatic nitrogens is 1. The molecule has 0 fully saturated rings. The molecule has 94 valence electrons. The topological polar surface area (TPSA) is 109 Å². The van der Waals surface area contributed by atoms with Gasteiger partial charge < -0.3 is 5.73 Å². The number of hydrogen-bond donors (Lipinski definition) is 3. The Labute approximate surface area is 98.6 Å². The van der Waals surface area contributed by atoms with Crippen molar-refractivity contribution in [2.75, 3.05) is 0 Å². The Morgan fingerprint density at radius 2 is 2.35 bits per heavy atom. The number of rotatable bonds is 5. The Kier molecular flexibility index (Phi) is 4.13. The summed E-state index contributed by atoms with van der Waals surface area (Å²) in [6.45, 7) is 1.66. The van der Waals surface area contributed by atoms with Crippen molar-refractivity contribution < 1.29 is 12.8 Å². The van der Waals surface area contributed by atoms with Gasteiger partial charge in [-0.3, -0.25) is 5.41 Å². The van der Waals surface area contributed by atoms with E-state index in [0.717, 1.165) is 6.07 Å². The number of pyridine rings is 1. The SMILES string of the molecule is CCC(NS(=O)(=O)c1ncccc1F)C(=N)N. The van der Waals surface area contributed by atoms with Crippen molar-refractivity contribution in [1.82, 2.24) is 9.71 Å². The molecule has 1 heterocycles. The van der Waals surface area contributed by atoms with Gasteiger partial charge in [-0.05, 0) is 18.6 Å². The molecular formula is C9H13FN4O2S. The van der Waals surface area contributed by atoms with Gasteiger partial charge in [0.15, 0.2) is 5.82 Å². The molecule has 1 aromatic rings. The van der Waals surface area contributed by atoms with Crippen molar-refractivity contribution in [3.05, 3.63) is 24.1 Å². The molecule has 1 atom stereocenters. The quantitative estimate of drug-likeness (QED) is 0.519. The summed E-state index contributed by atoms with van der Waals surface area (Å²) >= 11 is 0. The molecule has 1 unspecified atom stereocenters. The van der Waals surface area contributed by atoms with Crippen molar-refractivity contribution in [2.45, 2.75) is 24.4 Å². The normalized spacial score (nSPS) is 13.3. The first-order valence-electron chi connectivity index (χ1n) is 4.85. The highest BCUT2D eigenvalue weighted by Crippen LogP contribution is 2.10. The molecule has 0 saturated carbocycles. The molecule has 0 aromatic carbocycles. The van der Waals surface area contributed by atoms with Crippen molar-refractivity contribution in [2.24, 2.45) is 5.73 Å². The number of nitrogens with zero attached hydrogens (tertiary/aromatic N) is 1. The maximum atomic E-state index is 13.3. The molecule has 8 heteroatoms. The van der Waals surface area contributed by atoms with Gasteiger partial charge in [-0.25, -0.2) is 17.8 Å². The van der Waals surface area contributed by atoms with E-state index in [1.54, 1.807) is 6.92 Å². The molecule has 4 N–H and O–H groups in total. The van der Waals surface area contributed by atoms with Crippen molar-refractivity contribution in [3.8, 4) is 0 Å². The second-order valence-electron chi connectivity index (χ2n) is 3.33. The molecule has 0 bridgehead atoms. The summed E-state index contributed by atoms with van der Waals surface area (Å²) in [7, 11) is -4.10. The fourth-order valence-electron chi connectivity index (χ4n) is 1.18. The number of hydrogen-bond acceptors (Lipinski definition) is 4. The highest BCUT2D eigenvalue weighted by Gasteiger charge is 2.24. The van der Waals surface area contributed by atoms with Gasteiger partial charge in [-0.15, -0.1) is 0 Å². The number of halogens is 1. The standard InChI is InChI=1S/C9H13FN4O2S/c1-2-7(8(11)12)14-17(15,16)9-6(10)4-3-5-13-9/h3-5,7,14H,2H2,1H3,(H3,11,12). The lowest BCUT2D eigenvalue weighted by Gasteiger charge is -2.15. The number of amidine groups is 1. The van der Waals surface area contributed by atoms with Gasteiger partial charge in [-0.2, -0.15) is 4.72 Å². The lowest BCUT2D eigenvalue weighted by molar-refractivity contribution is 0.538. The maximum absolute atomic E-state index is 13.3. The zero-order valence-corrected chi connectivity index (χ0v) is 9.96. The fourth-order valence-corrected chi connectivity index (χ4v) is 2.48. The zero-order chi connectivity index (χ0) is 13.1. The number of sulfonamides is 1. The van der Waals surface area contributed by atoms with Crippen molar-refractivity contribution in [1.29, 1.82) is 5.41 Å². The largest absolute Gasteiger partial charge is 0.386 e. The Balaban J connectivity index is 3.05. The Morgan fingerprint density at radius 1 is 1.71 bits per heavy atom. The van der Waals surface area contributed by atoms with Crippen LogP contribution in [0.3, 0.4) is 0 Å². The van der Waals surface area contributed by atoms with Gasteiger partial charge in [0.25, 0.3) is 10.0 Å². The molecule has 1 rings (SSSR count). The van der Waals surface area contributed by atoms with E-state index in [4.69, 9.17) is 11.1 Å². The lowest BCUT2D eigenvalue weighted by Crippen LogP contribution is -2.43. The summed E-state index contributed by atoms with van der Waals surface area (Å²) in [5, 5.41) is 6.49. The number of nitrogens with two attached hydrogens (primary N) is 1. The summed E-state index contributed by atoms with van der Waals surface area (Å²) in [6.07, 6.45) is 1.47. The van der Waals surface area contributed by atoms with Crippen LogP contribution < -0.4 is 10.5 Å². The molecule has 0 spiro atoms. The van der Waals surface area contributed by atoms with Crippen LogP contribution >= 0.6 is 0 Å². The van der Waals surface area contributed by atoms with Gasteiger partial charge in [0.1, 0.15) is 5.84 Å². The van der Waals surface area contributed by atoms with Crippen LogP contribution in [0.25, 0.3) is 0 Å². The Bertz CT molecular complexity index is 517. The smallest absolute Gasteiger partial charge is 0.261 e. The fraction of sp³-hybridized carbons (Fsp3) is 0.333. The van der Waals surface area contributed by atoms with Crippen molar-refractivity contribution >= 4 is 15.9 Å². The van der Waals surface area contributed by atoms with E-state index in [-0.39, 0.29) is 5.84 Å². The summed E-state index contributed by atoms with van der Waals surface area (Å²) in [5.74, 6) is -1.27. The van der Waals surface area contributed by atoms with Crippen LogP contribution in [-0.2, 0) is 10.0 Å². The third-order valence-electron chi connectivity index (χ3n) is 2.06. The highest BCUT2D eigenvalue weighted by atomic mass is 32.2. The van der Waals surface area contributed by atoms with Crippen LogP contribution in [0.4, 0.5) is 4.39 Å². The monoisotopic (exact) mass is 260 g/mol. The summed E-state index contributed by atoms with van der Waals surface area (Å²) < 4.78 is 38.9. The molecule has 0 aliphatic carbocycles. The number of nitrogens with one attached hydrogen (secondary N) is 2. The molecule has 0 aliphatic rings. The minimum Gasteiger partial charge on any atom is -0.386 e.